The summed E-state index contributed by atoms with van der Waals surface area (Å²) < 4.78 is 1.78. The molecule has 0 saturated carbocycles. The number of hydrogen-bond donors (Lipinski definition) is 0. The Morgan fingerprint density at radius 1 is 1.14 bits per heavy atom. The molecule has 3 aromatic rings. The van der Waals surface area contributed by atoms with Gasteiger partial charge in [0.05, 0.1) is 11.5 Å². The van der Waals surface area contributed by atoms with E-state index < -0.39 is 0 Å². The predicted octanol–water partition coefficient (Wildman–Crippen LogP) is 5.85. The smallest absolute Gasteiger partial charge is 0.262 e. The summed E-state index contributed by atoms with van der Waals surface area (Å²) in [5.41, 5.74) is 3.50. The second kappa shape index (κ2) is 8.51. The van der Waals surface area contributed by atoms with Crippen LogP contribution < -0.4 is 5.56 Å². The van der Waals surface area contributed by atoms with Crippen LogP contribution in [0.1, 0.15) is 63.7 Å². The minimum absolute atomic E-state index is 0.0237. The number of nitrogens with zero attached hydrogens (tertiary/aromatic N) is 3. The molecule has 0 aliphatic heterocycles. The lowest BCUT2D eigenvalue weighted by Crippen LogP contribution is -2.25. The Bertz CT molecular complexity index is 1110. The van der Waals surface area contributed by atoms with Crippen molar-refractivity contribution in [3.05, 3.63) is 50.9 Å². The van der Waals surface area contributed by atoms with E-state index in [0.717, 1.165) is 33.6 Å². The first-order valence-corrected chi connectivity index (χ1v) is 11.2. The third kappa shape index (κ3) is 4.13. The molecule has 0 saturated heterocycles. The fraction of sp³-hybridized carbons (Fsp3) is 0.458. The summed E-state index contributed by atoms with van der Waals surface area (Å²) in [5.74, 6) is 0.805. The number of aryl methyl sites for hydroxylation is 2. The van der Waals surface area contributed by atoms with Crippen LogP contribution in [0.2, 0.25) is 0 Å². The van der Waals surface area contributed by atoms with E-state index >= 15 is 0 Å². The summed E-state index contributed by atoms with van der Waals surface area (Å²) in [6.07, 6.45) is 2.68. The van der Waals surface area contributed by atoms with Gasteiger partial charge < -0.3 is 0 Å². The van der Waals surface area contributed by atoms with Crippen LogP contribution in [0, 0.1) is 11.3 Å². The van der Waals surface area contributed by atoms with E-state index in [1.54, 1.807) is 15.9 Å². The number of thiophene rings is 1. The van der Waals surface area contributed by atoms with Gasteiger partial charge in [0, 0.05) is 29.8 Å². The quantitative estimate of drug-likeness (QED) is 0.482. The molecule has 1 aromatic carbocycles. The number of hydrogen-bond acceptors (Lipinski definition) is 4. The summed E-state index contributed by atoms with van der Waals surface area (Å²) >= 11 is 1.63. The summed E-state index contributed by atoms with van der Waals surface area (Å²) in [6, 6.07) is 10.8. The lowest BCUT2D eigenvalue weighted by atomic mass is 9.86. The zero-order valence-electron chi connectivity index (χ0n) is 18.0. The zero-order chi connectivity index (χ0) is 21.2. The Labute approximate surface area is 176 Å². The molecule has 3 rings (SSSR count). The molecule has 5 heteroatoms. The fourth-order valence-electron chi connectivity index (χ4n) is 3.68. The molecular weight excluding hydrogens is 378 g/mol. The third-order valence-corrected chi connectivity index (χ3v) is 6.54. The van der Waals surface area contributed by atoms with Gasteiger partial charge in [-0.05, 0) is 29.4 Å². The van der Waals surface area contributed by atoms with E-state index in [9.17, 15) is 4.79 Å². The van der Waals surface area contributed by atoms with Crippen LogP contribution in [0.3, 0.4) is 0 Å². The van der Waals surface area contributed by atoms with Crippen molar-refractivity contribution < 1.29 is 0 Å². The van der Waals surface area contributed by atoms with Gasteiger partial charge in [0.1, 0.15) is 10.7 Å². The maximum Gasteiger partial charge on any atom is 0.262 e. The second-order valence-electron chi connectivity index (χ2n) is 8.36. The summed E-state index contributed by atoms with van der Waals surface area (Å²) in [7, 11) is 0. The molecule has 0 spiro atoms. The fourth-order valence-corrected chi connectivity index (χ4v) is 4.82. The van der Waals surface area contributed by atoms with Crippen LogP contribution in [0.4, 0.5) is 0 Å². The molecule has 0 amide bonds. The van der Waals surface area contributed by atoms with Gasteiger partial charge in [-0.15, -0.1) is 11.3 Å². The monoisotopic (exact) mass is 407 g/mol. The number of aromatic nitrogens is 2. The molecule has 0 aliphatic rings. The minimum atomic E-state index is 0.0237. The lowest BCUT2D eigenvalue weighted by molar-refractivity contribution is 0.590. The highest BCUT2D eigenvalue weighted by atomic mass is 32.1. The number of fused-ring (bicyclic) bond motifs is 1. The normalized spacial score (nSPS) is 11.7. The molecule has 0 radical (unpaired) electrons. The van der Waals surface area contributed by atoms with Crippen molar-refractivity contribution in [2.45, 2.75) is 72.3 Å². The zero-order valence-corrected chi connectivity index (χ0v) is 18.8. The van der Waals surface area contributed by atoms with Crippen LogP contribution in [0.5, 0.6) is 0 Å². The van der Waals surface area contributed by atoms with E-state index in [4.69, 9.17) is 10.2 Å². The number of nitriles is 1. The van der Waals surface area contributed by atoms with E-state index in [0.29, 0.717) is 25.8 Å². The molecule has 0 unspecified atom stereocenters. The van der Waals surface area contributed by atoms with Crippen LogP contribution in [-0.2, 0) is 24.8 Å². The van der Waals surface area contributed by atoms with E-state index in [1.807, 2.05) is 6.92 Å². The van der Waals surface area contributed by atoms with Gasteiger partial charge in [0.25, 0.3) is 5.56 Å². The maximum atomic E-state index is 13.5. The molecule has 29 heavy (non-hydrogen) atoms. The van der Waals surface area contributed by atoms with Crippen LogP contribution in [0.25, 0.3) is 21.3 Å². The topological polar surface area (TPSA) is 58.7 Å². The number of unbranched alkanes of at least 4 members (excludes halogenated alkanes) is 1. The Kier molecular flexibility index (Phi) is 6.24. The molecule has 2 aromatic heterocycles. The van der Waals surface area contributed by atoms with Crippen LogP contribution in [0.15, 0.2) is 29.1 Å². The summed E-state index contributed by atoms with van der Waals surface area (Å²) in [4.78, 5) is 20.4. The average Bonchev–Trinajstić information content (AvgIpc) is 3.07. The highest BCUT2D eigenvalue weighted by Gasteiger charge is 2.21. The van der Waals surface area contributed by atoms with Gasteiger partial charge >= 0.3 is 0 Å². The Balaban J connectivity index is 2.22. The Morgan fingerprint density at radius 2 is 1.83 bits per heavy atom. The standard InChI is InChI=1S/C24H29N3OS/c1-6-18-20(16-10-12-17(13-11-16)24(3,4)5)21-22(29-18)26-19(7-2)27(23(21)28)15-9-8-14-25/h10-13H,6-9,15H2,1-5H3. The van der Waals surface area contributed by atoms with Gasteiger partial charge in [-0.25, -0.2) is 4.98 Å². The van der Waals surface area contributed by atoms with E-state index in [-0.39, 0.29) is 11.0 Å². The molecular formula is C24H29N3OS. The Morgan fingerprint density at radius 3 is 2.38 bits per heavy atom. The maximum absolute atomic E-state index is 13.5. The van der Waals surface area contributed by atoms with Crippen LogP contribution in [-0.4, -0.2) is 9.55 Å². The molecule has 0 bridgehead atoms. The molecule has 0 atom stereocenters. The molecule has 0 aliphatic carbocycles. The van der Waals surface area contributed by atoms with Gasteiger partial charge in [-0.1, -0.05) is 58.9 Å². The van der Waals surface area contributed by atoms with Gasteiger partial charge in [0.2, 0.25) is 0 Å². The van der Waals surface area contributed by atoms with Crippen molar-refractivity contribution in [1.82, 2.24) is 9.55 Å². The summed E-state index contributed by atoms with van der Waals surface area (Å²) in [5, 5.41) is 9.59. The highest BCUT2D eigenvalue weighted by molar-refractivity contribution is 7.19. The first-order chi connectivity index (χ1) is 13.8. The predicted molar refractivity (Wildman–Crippen MR) is 122 cm³/mol. The van der Waals surface area contributed by atoms with Crippen molar-refractivity contribution in [2.75, 3.05) is 0 Å². The van der Waals surface area contributed by atoms with E-state index in [2.05, 4.69) is 58.0 Å². The summed E-state index contributed by atoms with van der Waals surface area (Å²) in [6.45, 7) is 11.3. The first kappa shape index (κ1) is 21.3. The average molecular weight is 408 g/mol. The third-order valence-electron chi connectivity index (χ3n) is 5.31. The van der Waals surface area contributed by atoms with Crippen molar-refractivity contribution in [2.24, 2.45) is 0 Å². The van der Waals surface area contributed by atoms with Crippen molar-refractivity contribution >= 4 is 21.6 Å². The lowest BCUT2D eigenvalue weighted by Gasteiger charge is -2.19. The SMILES string of the molecule is CCc1sc2nc(CC)n(CCCC#N)c(=O)c2c1-c1ccc(C(C)(C)C)cc1. The molecule has 4 nitrogen and oxygen atoms in total. The number of rotatable bonds is 6. The molecule has 0 fully saturated rings. The minimum Gasteiger partial charge on any atom is -0.296 e. The highest BCUT2D eigenvalue weighted by Crippen LogP contribution is 2.37. The first-order valence-electron chi connectivity index (χ1n) is 10.3. The van der Waals surface area contributed by atoms with E-state index in [1.165, 1.54) is 10.4 Å². The van der Waals surface area contributed by atoms with Crippen molar-refractivity contribution in [3.8, 4) is 17.2 Å². The van der Waals surface area contributed by atoms with Gasteiger partial charge in [0.15, 0.2) is 0 Å². The largest absolute Gasteiger partial charge is 0.296 e. The van der Waals surface area contributed by atoms with Gasteiger partial charge in [-0.2, -0.15) is 5.26 Å². The number of benzene rings is 1. The molecule has 2 heterocycles. The second-order valence-corrected chi connectivity index (χ2v) is 9.44. The molecule has 152 valence electrons. The molecule has 0 N–H and O–H groups in total. The van der Waals surface area contributed by atoms with Crippen molar-refractivity contribution in [1.29, 1.82) is 5.26 Å². The van der Waals surface area contributed by atoms with Gasteiger partial charge in [-0.3, -0.25) is 9.36 Å². The Hall–Kier alpha value is -2.45. The van der Waals surface area contributed by atoms with Crippen molar-refractivity contribution in [3.63, 3.8) is 0 Å². The van der Waals surface area contributed by atoms with Crippen LogP contribution >= 0.6 is 11.3 Å².